The Bertz CT molecular complexity index is 1040. The van der Waals surface area contributed by atoms with E-state index in [2.05, 4.69) is 4.74 Å². The van der Waals surface area contributed by atoms with Crippen molar-refractivity contribution >= 4 is 11.6 Å². The van der Waals surface area contributed by atoms with Gasteiger partial charge in [-0.25, -0.2) is 17.6 Å². The highest BCUT2D eigenvalue weighted by Gasteiger charge is 2.39. The van der Waals surface area contributed by atoms with Crippen molar-refractivity contribution in [2.24, 2.45) is 0 Å². The van der Waals surface area contributed by atoms with Crippen molar-refractivity contribution in [2.75, 3.05) is 0 Å². The topological polar surface area (TPSA) is 9.23 Å². The highest BCUT2D eigenvalue weighted by molar-refractivity contribution is 6.32. The second-order valence-corrected chi connectivity index (χ2v) is 6.93. The molecule has 158 valence electrons. The molecule has 0 spiro atoms. The van der Waals surface area contributed by atoms with Gasteiger partial charge in [0.2, 0.25) is 0 Å². The van der Waals surface area contributed by atoms with Crippen LogP contribution in [-0.2, 0) is 12.5 Å². The Labute approximate surface area is 173 Å². The Morgan fingerprint density at radius 1 is 0.867 bits per heavy atom. The SMILES string of the molecule is CCCc1ccc(-c2ccc(C(F)(F)Oc3cc(F)c(F)c(F)c3)c(Cl)c2F)cc1. The largest absolute Gasteiger partial charge is 0.429 e. The third-order valence-electron chi connectivity index (χ3n) is 4.40. The van der Waals surface area contributed by atoms with Gasteiger partial charge in [-0.05, 0) is 23.6 Å². The Morgan fingerprint density at radius 3 is 2.03 bits per heavy atom. The van der Waals surface area contributed by atoms with Crippen LogP contribution in [0.15, 0.2) is 48.5 Å². The molecule has 0 bridgehead atoms. The van der Waals surface area contributed by atoms with E-state index in [0.717, 1.165) is 30.5 Å². The molecule has 0 aliphatic rings. The van der Waals surface area contributed by atoms with Crippen molar-refractivity contribution in [1.29, 1.82) is 0 Å². The van der Waals surface area contributed by atoms with Crippen LogP contribution in [0.3, 0.4) is 0 Å². The lowest BCUT2D eigenvalue weighted by atomic mass is 10.00. The smallest absolute Gasteiger partial charge is 0.428 e. The van der Waals surface area contributed by atoms with Crippen LogP contribution in [0.4, 0.5) is 26.3 Å². The van der Waals surface area contributed by atoms with E-state index < -0.39 is 45.7 Å². The van der Waals surface area contributed by atoms with Gasteiger partial charge in [0.1, 0.15) is 11.6 Å². The van der Waals surface area contributed by atoms with E-state index in [1.807, 2.05) is 6.92 Å². The van der Waals surface area contributed by atoms with Gasteiger partial charge in [-0.3, -0.25) is 0 Å². The summed E-state index contributed by atoms with van der Waals surface area (Å²) >= 11 is 5.82. The molecule has 1 nitrogen and oxygen atoms in total. The maximum absolute atomic E-state index is 14.8. The summed E-state index contributed by atoms with van der Waals surface area (Å²) in [6.45, 7) is 2.02. The van der Waals surface area contributed by atoms with Crippen LogP contribution >= 0.6 is 11.6 Å². The molecule has 0 aliphatic heterocycles. The summed E-state index contributed by atoms with van der Waals surface area (Å²) < 4.78 is 87.6. The maximum atomic E-state index is 14.8. The van der Waals surface area contributed by atoms with Crippen LogP contribution in [0.5, 0.6) is 5.75 Å². The molecule has 0 unspecified atom stereocenters. The van der Waals surface area contributed by atoms with E-state index in [-0.39, 0.29) is 17.7 Å². The summed E-state index contributed by atoms with van der Waals surface area (Å²) in [5.41, 5.74) is 0.440. The molecule has 30 heavy (non-hydrogen) atoms. The molecule has 3 aromatic rings. The average Bonchev–Trinajstić information content (AvgIpc) is 2.68. The van der Waals surface area contributed by atoms with Gasteiger partial charge in [0.25, 0.3) is 0 Å². The second-order valence-electron chi connectivity index (χ2n) is 6.56. The molecular formula is C22H15ClF6O. The third-order valence-corrected chi connectivity index (χ3v) is 4.77. The van der Waals surface area contributed by atoms with E-state index in [0.29, 0.717) is 5.56 Å². The van der Waals surface area contributed by atoms with Crippen molar-refractivity contribution in [3.8, 4) is 16.9 Å². The number of rotatable bonds is 6. The number of benzene rings is 3. The molecule has 0 saturated carbocycles. The molecule has 0 amide bonds. The summed E-state index contributed by atoms with van der Waals surface area (Å²) in [6, 6.07) is 9.37. The fraction of sp³-hybridized carbons (Fsp3) is 0.182. The van der Waals surface area contributed by atoms with E-state index in [4.69, 9.17) is 11.6 Å². The standard InChI is InChI=1S/C22H15ClF6O/c1-2-3-12-4-6-13(7-5-12)15-8-9-16(19(23)20(15)26)22(28,29)30-14-10-17(24)21(27)18(25)11-14/h4-11H,2-3H2,1H3. The second kappa shape index (κ2) is 8.60. The van der Waals surface area contributed by atoms with Crippen molar-refractivity contribution in [1.82, 2.24) is 0 Å². The number of hydrogen-bond donors (Lipinski definition) is 0. The van der Waals surface area contributed by atoms with Crippen LogP contribution in [0.1, 0.15) is 24.5 Å². The summed E-state index contributed by atoms with van der Waals surface area (Å²) in [4.78, 5) is 0. The van der Waals surface area contributed by atoms with E-state index in [1.165, 1.54) is 0 Å². The van der Waals surface area contributed by atoms with Crippen molar-refractivity contribution in [2.45, 2.75) is 25.9 Å². The lowest BCUT2D eigenvalue weighted by molar-refractivity contribution is -0.185. The molecule has 0 aromatic heterocycles. The van der Waals surface area contributed by atoms with Crippen LogP contribution in [0.2, 0.25) is 5.02 Å². The highest BCUT2D eigenvalue weighted by Crippen LogP contribution is 2.40. The fourth-order valence-corrected chi connectivity index (χ4v) is 3.21. The quantitative estimate of drug-likeness (QED) is 0.280. The van der Waals surface area contributed by atoms with Crippen LogP contribution in [0, 0.1) is 23.3 Å². The highest BCUT2D eigenvalue weighted by atomic mass is 35.5. The summed E-state index contributed by atoms with van der Waals surface area (Å²) in [5.74, 6) is -7.33. The summed E-state index contributed by atoms with van der Waals surface area (Å²) in [7, 11) is 0. The number of ether oxygens (including phenoxy) is 1. The molecule has 0 radical (unpaired) electrons. The number of alkyl halides is 2. The van der Waals surface area contributed by atoms with E-state index in [9.17, 15) is 26.3 Å². The third kappa shape index (κ3) is 4.41. The first-order valence-corrected chi connectivity index (χ1v) is 9.31. The van der Waals surface area contributed by atoms with Gasteiger partial charge in [0, 0.05) is 17.7 Å². The zero-order chi connectivity index (χ0) is 22.1. The molecular weight excluding hydrogens is 430 g/mol. The van der Waals surface area contributed by atoms with Gasteiger partial charge in [-0.1, -0.05) is 55.3 Å². The van der Waals surface area contributed by atoms with E-state index >= 15 is 0 Å². The minimum atomic E-state index is -4.24. The summed E-state index contributed by atoms with van der Waals surface area (Å²) in [5, 5.41) is -0.904. The fourth-order valence-electron chi connectivity index (χ4n) is 2.93. The van der Waals surface area contributed by atoms with Crippen molar-refractivity contribution in [3.05, 3.63) is 87.9 Å². The molecule has 0 heterocycles. The first kappa shape index (κ1) is 22.0. The molecule has 0 aliphatic carbocycles. The zero-order valence-corrected chi connectivity index (χ0v) is 16.3. The van der Waals surface area contributed by atoms with Crippen LogP contribution in [0.25, 0.3) is 11.1 Å². The number of hydrogen-bond acceptors (Lipinski definition) is 1. The lowest BCUT2D eigenvalue weighted by Crippen LogP contribution is -2.23. The minimum Gasteiger partial charge on any atom is -0.429 e. The molecule has 0 atom stereocenters. The Kier molecular flexibility index (Phi) is 6.31. The monoisotopic (exact) mass is 444 g/mol. The predicted octanol–water partition coefficient (Wildman–Crippen LogP) is 7.64. The molecule has 0 N–H and O–H groups in total. The van der Waals surface area contributed by atoms with Gasteiger partial charge < -0.3 is 4.74 Å². The van der Waals surface area contributed by atoms with Gasteiger partial charge in [-0.15, -0.1) is 0 Å². The first-order valence-electron chi connectivity index (χ1n) is 8.93. The molecule has 8 heteroatoms. The predicted molar refractivity (Wildman–Crippen MR) is 102 cm³/mol. The molecule has 3 rings (SSSR count). The van der Waals surface area contributed by atoms with E-state index in [1.54, 1.807) is 24.3 Å². The average molecular weight is 445 g/mol. The minimum absolute atomic E-state index is 0.00136. The van der Waals surface area contributed by atoms with Gasteiger partial charge in [0.15, 0.2) is 17.5 Å². The molecule has 0 saturated heterocycles. The van der Waals surface area contributed by atoms with Crippen molar-refractivity contribution < 1.29 is 31.1 Å². The lowest BCUT2D eigenvalue weighted by Gasteiger charge is -2.20. The Hall–Kier alpha value is -2.67. The Morgan fingerprint density at radius 2 is 1.47 bits per heavy atom. The van der Waals surface area contributed by atoms with Gasteiger partial charge in [0.05, 0.1) is 10.6 Å². The van der Waals surface area contributed by atoms with Gasteiger partial charge in [-0.2, -0.15) is 8.78 Å². The number of aryl methyl sites for hydroxylation is 1. The van der Waals surface area contributed by atoms with Crippen molar-refractivity contribution in [3.63, 3.8) is 0 Å². The molecule has 0 fully saturated rings. The molecule has 3 aromatic carbocycles. The van der Waals surface area contributed by atoms with Crippen LogP contribution in [-0.4, -0.2) is 0 Å². The van der Waals surface area contributed by atoms with Crippen LogP contribution < -0.4 is 4.74 Å². The normalized spacial score (nSPS) is 11.6. The van der Waals surface area contributed by atoms with Gasteiger partial charge >= 0.3 is 6.11 Å². The first-order chi connectivity index (χ1) is 14.1. The summed E-state index contributed by atoms with van der Waals surface area (Å²) in [6.07, 6.45) is -2.46. The Balaban J connectivity index is 1.93. The maximum Gasteiger partial charge on any atom is 0.428 e. The number of halogens is 7. The zero-order valence-electron chi connectivity index (χ0n) is 15.6.